The van der Waals surface area contributed by atoms with Gasteiger partial charge in [-0.25, -0.2) is 4.98 Å². The Morgan fingerprint density at radius 2 is 1.79 bits per heavy atom. The Balaban J connectivity index is 1.32. The number of aryl methyl sites for hydroxylation is 1. The van der Waals surface area contributed by atoms with E-state index < -0.39 is 0 Å². The first-order chi connectivity index (χ1) is 18.9. The highest BCUT2D eigenvalue weighted by atomic mass is 16.2. The lowest BCUT2D eigenvalue weighted by atomic mass is 9.89. The van der Waals surface area contributed by atoms with Crippen LogP contribution in [0.5, 0.6) is 0 Å². The number of carbonyl (C=O) groups excluding carboxylic acids is 2. The van der Waals surface area contributed by atoms with Crippen LogP contribution < -0.4 is 5.73 Å². The molecule has 1 aromatic carbocycles. The standard InChI is InChI=1S/C29H28N8O2/c1-17-14-24(35-34-17)29(39)36-12-10-20(11-13-36)26-25(18(2)38)27(30)37-28(33-26)22(16-32-37)21-8-9-23(31-15-21)19-6-4-3-5-7-19/h3-9,14-16,20H,10-13,30H2,1-2H3,(H,34,35). The molecule has 0 atom stereocenters. The quantitative estimate of drug-likeness (QED) is 0.330. The summed E-state index contributed by atoms with van der Waals surface area (Å²) in [6, 6.07) is 15.7. The first-order valence-corrected chi connectivity index (χ1v) is 12.9. The SMILES string of the molecule is CC(=O)c1c(C2CCN(C(=O)c3cc(C)[nH]n3)CC2)nc2c(-c3ccc(-c4ccccc4)nc3)cnn2c1N. The number of hydrogen-bond donors (Lipinski definition) is 2. The zero-order chi connectivity index (χ0) is 27.1. The van der Waals surface area contributed by atoms with E-state index in [1.807, 2.05) is 49.4 Å². The Hall–Kier alpha value is -4.86. The molecule has 10 nitrogen and oxygen atoms in total. The monoisotopic (exact) mass is 520 g/mol. The van der Waals surface area contributed by atoms with Crippen LogP contribution in [-0.4, -0.2) is 59.5 Å². The number of Topliss-reactive ketones (excluding diaryl/α,β-unsaturated/α-hetero) is 1. The number of ketones is 1. The van der Waals surface area contributed by atoms with Crippen LogP contribution in [-0.2, 0) is 0 Å². The van der Waals surface area contributed by atoms with Gasteiger partial charge in [0.2, 0.25) is 0 Å². The molecule has 0 bridgehead atoms. The fourth-order valence-corrected chi connectivity index (χ4v) is 5.27. The van der Waals surface area contributed by atoms with Crippen molar-refractivity contribution in [2.45, 2.75) is 32.6 Å². The number of hydrogen-bond acceptors (Lipinski definition) is 7. The Bertz CT molecular complexity index is 1680. The van der Waals surface area contributed by atoms with Crippen molar-refractivity contribution in [2.24, 2.45) is 0 Å². The third-order valence-corrected chi connectivity index (χ3v) is 7.30. The van der Waals surface area contributed by atoms with Crippen LogP contribution in [0.4, 0.5) is 5.82 Å². The average Bonchev–Trinajstić information content (AvgIpc) is 3.59. The fraction of sp³-hybridized carbons (Fsp3) is 0.241. The molecule has 3 N–H and O–H groups in total. The number of fused-ring (bicyclic) bond motifs is 1. The number of amides is 1. The summed E-state index contributed by atoms with van der Waals surface area (Å²) in [6.07, 6.45) is 4.83. The van der Waals surface area contributed by atoms with Crippen molar-refractivity contribution >= 4 is 23.2 Å². The van der Waals surface area contributed by atoms with E-state index in [2.05, 4.69) is 20.3 Å². The predicted octanol–water partition coefficient (Wildman–Crippen LogP) is 4.29. The molecule has 1 saturated heterocycles. The number of H-pyrrole nitrogens is 1. The number of aromatic amines is 1. The van der Waals surface area contributed by atoms with Crippen LogP contribution in [0.2, 0.25) is 0 Å². The zero-order valence-corrected chi connectivity index (χ0v) is 21.8. The van der Waals surface area contributed by atoms with E-state index in [1.54, 1.807) is 23.4 Å². The minimum Gasteiger partial charge on any atom is -0.383 e. The first-order valence-electron chi connectivity index (χ1n) is 12.9. The summed E-state index contributed by atoms with van der Waals surface area (Å²) < 4.78 is 1.53. The number of pyridine rings is 1. The highest BCUT2D eigenvalue weighted by Crippen LogP contribution is 2.35. The molecule has 1 amide bonds. The Morgan fingerprint density at radius 1 is 1.03 bits per heavy atom. The molecule has 5 heterocycles. The van der Waals surface area contributed by atoms with Gasteiger partial charge < -0.3 is 10.6 Å². The highest BCUT2D eigenvalue weighted by Gasteiger charge is 2.31. The second-order valence-corrected chi connectivity index (χ2v) is 9.91. The van der Waals surface area contributed by atoms with Gasteiger partial charge in [0.25, 0.3) is 5.91 Å². The van der Waals surface area contributed by atoms with Crippen LogP contribution in [0.1, 0.15) is 57.9 Å². The molecular formula is C29H28N8O2. The van der Waals surface area contributed by atoms with E-state index in [0.29, 0.717) is 48.5 Å². The van der Waals surface area contributed by atoms with Crippen molar-refractivity contribution < 1.29 is 9.59 Å². The molecule has 4 aromatic heterocycles. The molecule has 6 rings (SSSR count). The number of nitrogens with two attached hydrogens (primary N) is 1. The lowest BCUT2D eigenvalue weighted by molar-refractivity contribution is 0.0705. The summed E-state index contributed by atoms with van der Waals surface area (Å²) >= 11 is 0. The van der Waals surface area contributed by atoms with Crippen molar-refractivity contribution in [2.75, 3.05) is 18.8 Å². The van der Waals surface area contributed by atoms with Gasteiger partial charge in [-0.05, 0) is 38.8 Å². The second kappa shape index (κ2) is 9.79. The van der Waals surface area contributed by atoms with Gasteiger partial charge in [-0.15, -0.1) is 0 Å². The Labute approximate surface area is 224 Å². The van der Waals surface area contributed by atoms with Crippen LogP contribution >= 0.6 is 0 Å². The summed E-state index contributed by atoms with van der Waals surface area (Å²) in [4.78, 5) is 37.0. The van der Waals surface area contributed by atoms with Crippen LogP contribution in [0.15, 0.2) is 60.9 Å². The number of benzene rings is 1. The highest BCUT2D eigenvalue weighted by molar-refractivity contribution is 6.00. The predicted molar refractivity (Wildman–Crippen MR) is 147 cm³/mol. The summed E-state index contributed by atoms with van der Waals surface area (Å²) in [7, 11) is 0. The van der Waals surface area contributed by atoms with Crippen molar-refractivity contribution in [1.29, 1.82) is 0 Å². The Morgan fingerprint density at radius 3 is 2.44 bits per heavy atom. The summed E-state index contributed by atoms with van der Waals surface area (Å²) in [5.74, 6) is -0.0130. The molecule has 0 aliphatic carbocycles. The topological polar surface area (TPSA) is 135 Å². The number of likely N-dealkylation sites (tertiary alicyclic amines) is 1. The number of nitrogens with zero attached hydrogens (tertiary/aromatic N) is 6. The average molecular weight is 521 g/mol. The van der Waals surface area contributed by atoms with E-state index >= 15 is 0 Å². The van der Waals surface area contributed by atoms with Crippen molar-refractivity contribution in [3.8, 4) is 22.4 Å². The number of piperidine rings is 1. The summed E-state index contributed by atoms with van der Waals surface area (Å²) in [6.45, 7) is 4.44. The maximum absolute atomic E-state index is 12.9. The molecule has 0 unspecified atom stereocenters. The maximum Gasteiger partial charge on any atom is 0.274 e. The number of carbonyl (C=O) groups is 2. The second-order valence-electron chi connectivity index (χ2n) is 9.91. The number of anilines is 1. The normalized spacial score (nSPS) is 14.2. The van der Waals surface area contributed by atoms with Gasteiger partial charge >= 0.3 is 0 Å². The van der Waals surface area contributed by atoms with E-state index in [-0.39, 0.29) is 23.4 Å². The minimum atomic E-state index is -0.159. The van der Waals surface area contributed by atoms with Gasteiger partial charge in [0.05, 0.1) is 23.1 Å². The van der Waals surface area contributed by atoms with Crippen LogP contribution in [0, 0.1) is 6.92 Å². The molecule has 0 radical (unpaired) electrons. The smallest absolute Gasteiger partial charge is 0.274 e. The molecule has 5 aromatic rings. The zero-order valence-electron chi connectivity index (χ0n) is 21.8. The lowest BCUT2D eigenvalue weighted by Crippen LogP contribution is -2.38. The van der Waals surface area contributed by atoms with E-state index in [0.717, 1.165) is 28.1 Å². The molecule has 1 aliphatic heterocycles. The third kappa shape index (κ3) is 4.43. The van der Waals surface area contributed by atoms with Crippen LogP contribution in [0.25, 0.3) is 28.0 Å². The molecular weight excluding hydrogens is 492 g/mol. The van der Waals surface area contributed by atoms with Gasteiger partial charge in [-0.2, -0.15) is 14.7 Å². The number of nitrogens with one attached hydrogen (secondary N) is 1. The van der Waals surface area contributed by atoms with Gasteiger partial charge in [0, 0.05) is 47.6 Å². The van der Waals surface area contributed by atoms with Gasteiger partial charge in [-0.3, -0.25) is 19.7 Å². The summed E-state index contributed by atoms with van der Waals surface area (Å²) in [5.41, 5.74) is 12.9. The molecule has 10 heteroatoms. The maximum atomic E-state index is 12.9. The number of nitrogen functional groups attached to an aromatic ring is 1. The molecule has 196 valence electrons. The van der Waals surface area contributed by atoms with Crippen molar-refractivity contribution in [1.82, 2.24) is 34.7 Å². The molecule has 39 heavy (non-hydrogen) atoms. The number of rotatable bonds is 5. The lowest BCUT2D eigenvalue weighted by Gasteiger charge is -2.32. The largest absolute Gasteiger partial charge is 0.383 e. The van der Waals surface area contributed by atoms with Gasteiger partial charge in [0.15, 0.2) is 11.4 Å². The van der Waals surface area contributed by atoms with Crippen LogP contribution in [0.3, 0.4) is 0 Å². The molecule has 1 aliphatic rings. The number of aromatic nitrogens is 6. The third-order valence-electron chi connectivity index (χ3n) is 7.30. The Kier molecular flexibility index (Phi) is 6.14. The van der Waals surface area contributed by atoms with Gasteiger partial charge in [-0.1, -0.05) is 36.4 Å². The minimum absolute atomic E-state index is 0.0255. The first kappa shape index (κ1) is 24.5. The van der Waals surface area contributed by atoms with E-state index in [4.69, 9.17) is 10.7 Å². The van der Waals surface area contributed by atoms with E-state index in [1.165, 1.54) is 11.4 Å². The molecule has 0 spiro atoms. The molecule has 1 fully saturated rings. The summed E-state index contributed by atoms with van der Waals surface area (Å²) in [5, 5.41) is 11.4. The van der Waals surface area contributed by atoms with E-state index in [9.17, 15) is 9.59 Å². The van der Waals surface area contributed by atoms with Gasteiger partial charge in [0.1, 0.15) is 11.5 Å². The fourth-order valence-electron chi connectivity index (χ4n) is 5.27. The van der Waals surface area contributed by atoms with Crippen molar-refractivity contribution in [3.63, 3.8) is 0 Å². The molecule has 0 saturated carbocycles. The van der Waals surface area contributed by atoms with Crippen molar-refractivity contribution in [3.05, 3.63) is 83.6 Å².